The van der Waals surface area contributed by atoms with Gasteiger partial charge in [0.2, 0.25) is 11.8 Å². The highest BCUT2D eigenvalue weighted by molar-refractivity contribution is 7.79. The molecule has 0 saturated heterocycles. The van der Waals surface area contributed by atoms with E-state index in [4.69, 9.17) is 46.9 Å². The summed E-state index contributed by atoms with van der Waals surface area (Å²) in [7, 11) is 0. The van der Waals surface area contributed by atoms with E-state index in [1.807, 2.05) is 0 Å². The average Bonchev–Trinajstić information content (AvgIpc) is 2.82. The van der Waals surface area contributed by atoms with Gasteiger partial charge in [0.1, 0.15) is 0 Å². The van der Waals surface area contributed by atoms with Crippen molar-refractivity contribution in [3.63, 3.8) is 0 Å². The lowest BCUT2D eigenvalue weighted by Crippen LogP contribution is -2.48. The fourth-order valence-corrected chi connectivity index (χ4v) is 3.39. The summed E-state index contributed by atoms with van der Waals surface area (Å²) >= 11 is 14.9. The number of hydrogen-bond acceptors (Lipinski definition) is 12. The number of amides is 2. The SMILES string of the molecule is O=C(CN(CCN(CC=S)CCN(CC=S)CC=S)CC(=O)NCC(O)CO)NCC(O)CO. The van der Waals surface area contributed by atoms with Crippen molar-refractivity contribution in [1.82, 2.24) is 25.3 Å². The summed E-state index contributed by atoms with van der Waals surface area (Å²) in [6.45, 7) is 2.68. The molecule has 0 bridgehead atoms. The van der Waals surface area contributed by atoms with Crippen LogP contribution in [0.5, 0.6) is 0 Å². The molecule has 6 N–H and O–H groups in total. The molecule has 2 amide bonds. The zero-order valence-corrected chi connectivity index (χ0v) is 21.7. The van der Waals surface area contributed by atoms with Crippen molar-refractivity contribution < 1.29 is 30.0 Å². The Morgan fingerprint density at radius 1 is 0.676 bits per heavy atom. The largest absolute Gasteiger partial charge is 0.394 e. The minimum atomic E-state index is -1.07. The number of hydrogen-bond donors (Lipinski definition) is 6. The summed E-state index contributed by atoms with van der Waals surface area (Å²) in [4.78, 5) is 30.4. The fraction of sp³-hybridized carbons (Fsp3) is 0.750. The summed E-state index contributed by atoms with van der Waals surface area (Å²) in [5, 5.41) is 46.5. The number of nitrogens with one attached hydrogen (secondary N) is 2. The van der Waals surface area contributed by atoms with Gasteiger partial charge in [0.15, 0.2) is 0 Å². The molecule has 0 aromatic heterocycles. The number of aliphatic hydroxyl groups excluding tert-OH is 4. The van der Waals surface area contributed by atoms with Crippen LogP contribution < -0.4 is 10.6 Å². The third-order valence-electron chi connectivity index (χ3n) is 4.69. The zero-order chi connectivity index (χ0) is 25.8. The van der Waals surface area contributed by atoms with Crippen LogP contribution in [-0.4, -0.2) is 160 Å². The normalized spacial score (nSPS) is 13.0. The van der Waals surface area contributed by atoms with E-state index in [0.29, 0.717) is 45.8 Å². The first kappa shape index (κ1) is 32.9. The van der Waals surface area contributed by atoms with Gasteiger partial charge in [-0.15, -0.1) is 0 Å². The van der Waals surface area contributed by atoms with Gasteiger partial charge in [-0.05, 0) is 16.1 Å². The van der Waals surface area contributed by atoms with Gasteiger partial charge in [-0.1, -0.05) is 36.7 Å². The number of carbonyl (C=O) groups excluding carboxylic acids is 2. The molecule has 0 aromatic rings. The smallest absolute Gasteiger partial charge is 0.234 e. The molecule has 0 fully saturated rings. The second-order valence-electron chi connectivity index (χ2n) is 7.55. The molecule has 34 heavy (non-hydrogen) atoms. The van der Waals surface area contributed by atoms with E-state index in [0.717, 1.165) is 0 Å². The highest BCUT2D eigenvalue weighted by atomic mass is 32.1. The van der Waals surface area contributed by atoms with E-state index in [1.54, 1.807) is 21.0 Å². The van der Waals surface area contributed by atoms with Crippen LogP contribution in [0.25, 0.3) is 0 Å². The summed E-state index contributed by atoms with van der Waals surface area (Å²) in [6.07, 6.45) is -2.14. The van der Waals surface area contributed by atoms with Crippen molar-refractivity contribution in [2.45, 2.75) is 12.2 Å². The van der Waals surface area contributed by atoms with Gasteiger partial charge in [0.25, 0.3) is 0 Å². The topological polar surface area (TPSA) is 149 Å². The number of thiocarbonyl (C=S) groups is 3. The third-order valence-corrected chi connectivity index (χ3v) is 5.14. The van der Waals surface area contributed by atoms with Crippen molar-refractivity contribution in [3.8, 4) is 0 Å². The molecule has 0 spiro atoms. The molecule has 11 nitrogen and oxygen atoms in total. The predicted molar refractivity (Wildman–Crippen MR) is 142 cm³/mol. The van der Waals surface area contributed by atoms with E-state index >= 15 is 0 Å². The lowest BCUT2D eigenvalue weighted by molar-refractivity contribution is -0.125. The van der Waals surface area contributed by atoms with E-state index in [2.05, 4.69) is 20.4 Å². The Labute approximate surface area is 217 Å². The van der Waals surface area contributed by atoms with Gasteiger partial charge in [-0.25, -0.2) is 0 Å². The molecule has 2 atom stereocenters. The molecule has 0 heterocycles. The number of nitrogens with zero attached hydrogens (tertiary/aromatic N) is 3. The van der Waals surface area contributed by atoms with Crippen LogP contribution in [0.1, 0.15) is 0 Å². The van der Waals surface area contributed by atoms with Gasteiger partial charge in [0, 0.05) is 58.9 Å². The quantitative estimate of drug-likeness (QED) is 0.0771. The summed E-state index contributed by atoms with van der Waals surface area (Å²) in [5.74, 6) is -0.824. The van der Waals surface area contributed by atoms with E-state index in [9.17, 15) is 19.8 Å². The maximum Gasteiger partial charge on any atom is 0.234 e. The van der Waals surface area contributed by atoms with Gasteiger partial charge >= 0.3 is 0 Å². The van der Waals surface area contributed by atoms with Crippen LogP contribution in [0.2, 0.25) is 0 Å². The third kappa shape index (κ3) is 17.4. The fourth-order valence-electron chi connectivity index (χ4n) is 2.76. The number of aliphatic hydroxyl groups is 4. The molecule has 0 aliphatic heterocycles. The molecule has 14 heteroatoms. The molecular weight excluding hydrogens is 502 g/mol. The molecule has 0 radical (unpaired) electrons. The molecule has 0 aromatic carbocycles. The Kier molecular flexibility index (Phi) is 20.6. The van der Waals surface area contributed by atoms with E-state index in [-0.39, 0.29) is 26.2 Å². The lowest BCUT2D eigenvalue weighted by Gasteiger charge is -2.28. The van der Waals surface area contributed by atoms with Crippen molar-refractivity contribution in [2.24, 2.45) is 0 Å². The van der Waals surface area contributed by atoms with Gasteiger partial charge in [-0.2, -0.15) is 0 Å². The van der Waals surface area contributed by atoms with Crippen molar-refractivity contribution in [1.29, 1.82) is 0 Å². The first-order valence-electron chi connectivity index (χ1n) is 10.9. The van der Waals surface area contributed by atoms with Crippen LogP contribution in [0.15, 0.2) is 0 Å². The Bertz CT molecular complexity index is 581. The lowest BCUT2D eigenvalue weighted by atomic mass is 10.3. The molecule has 2 unspecified atom stereocenters. The van der Waals surface area contributed by atoms with E-state index in [1.165, 1.54) is 0 Å². The predicted octanol–water partition coefficient (Wildman–Crippen LogP) is -3.17. The Hall–Kier alpha value is -1.07. The highest BCUT2D eigenvalue weighted by Gasteiger charge is 2.17. The maximum atomic E-state index is 12.3. The molecule has 0 saturated carbocycles. The van der Waals surface area contributed by atoms with Gasteiger partial charge in [0.05, 0.1) is 38.5 Å². The van der Waals surface area contributed by atoms with Crippen LogP contribution in [0.4, 0.5) is 0 Å². The average molecular weight is 540 g/mol. The molecule has 196 valence electrons. The van der Waals surface area contributed by atoms with E-state index < -0.39 is 37.2 Å². The second kappa shape index (κ2) is 21.2. The first-order valence-corrected chi connectivity index (χ1v) is 12.3. The second-order valence-corrected chi connectivity index (χ2v) is 8.55. The van der Waals surface area contributed by atoms with Crippen molar-refractivity contribution in [3.05, 3.63) is 0 Å². The van der Waals surface area contributed by atoms with Crippen LogP contribution >= 0.6 is 36.7 Å². The van der Waals surface area contributed by atoms with Crippen LogP contribution in [-0.2, 0) is 9.59 Å². The van der Waals surface area contributed by atoms with Crippen molar-refractivity contribution >= 4 is 64.6 Å². The highest BCUT2D eigenvalue weighted by Crippen LogP contribution is 1.96. The minimum absolute atomic E-state index is 0.106. The van der Waals surface area contributed by atoms with Crippen LogP contribution in [0, 0.1) is 0 Å². The monoisotopic (exact) mass is 539 g/mol. The van der Waals surface area contributed by atoms with Gasteiger partial charge < -0.3 is 31.1 Å². The summed E-state index contributed by atoms with van der Waals surface area (Å²) < 4.78 is 0. The number of rotatable bonds is 22. The Morgan fingerprint density at radius 2 is 1.03 bits per heavy atom. The van der Waals surface area contributed by atoms with Gasteiger partial charge in [-0.3, -0.25) is 24.3 Å². The number of carbonyl (C=O) groups is 2. The Morgan fingerprint density at radius 3 is 1.41 bits per heavy atom. The Balaban J connectivity index is 5.01. The first-order chi connectivity index (χ1) is 16.3. The summed E-state index contributed by atoms with van der Waals surface area (Å²) in [5.41, 5.74) is 0. The standard InChI is InChI=1S/C20H37N5O6S3/c26-15-17(28)11-21-19(30)13-25(14-20(31)22-12-18(29)16-27)4-3-23(5-8-32)1-2-24(6-9-33)7-10-34/h8-10,17-18,26-29H,1-7,11-16H2,(H,21,30)(H,22,31). The zero-order valence-electron chi connectivity index (χ0n) is 19.3. The maximum absolute atomic E-state index is 12.3. The molecule has 0 aliphatic carbocycles. The van der Waals surface area contributed by atoms with Crippen LogP contribution in [0.3, 0.4) is 0 Å². The molecule has 0 aliphatic rings. The molecule has 0 rings (SSSR count). The van der Waals surface area contributed by atoms with Crippen molar-refractivity contribution in [2.75, 3.05) is 85.2 Å². The molecular formula is C20H37N5O6S3. The minimum Gasteiger partial charge on any atom is -0.394 e. The summed E-state index contributed by atoms with van der Waals surface area (Å²) in [6, 6.07) is 0.